The first kappa shape index (κ1) is 16.7. The molecule has 2 atom stereocenters. The number of amides is 1. The first-order chi connectivity index (χ1) is 11.2. The summed E-state index contributed by atoms with van der Waals surface area (Å²) in [6.45, 7) is 5.42. The van der Waals surface area contributed by atoms with E-state index in [1.165, 1.54) is 5.56 Å². The van der Waals surface area contributed by atoms with Crippen molar-refractivity contribution in [3.63, 3.8) is 0 Å². The highest BCUT2D eigenvalue weighted by Gasteiger charge is 2.45. The van der Waals surface area contributed by atoms with Crippen LogP contribution in [0.15, 0.2) is 24.3 Å². The SMILES string of the molecule is COCCN1CCCN(C(=O)[C@H]2C[C@@H]2c2cccc(Cl)c2)CC1. The summed E-state index contributed by atoms with van der Waals surface area (Å²) >= 11 is 6.06. The van der Waals surface area contributed by atoms with Crippen LogP contribution in [0.1, 0.15) is 24.3 Å². The number of benzene rings is 1. The minimum Gasteiger partial charge on any atom is -0.383 e. The van der Waals surface area contributed by atoms with Crippen molar-refractivity contribution in [1.29, 1.82) is 0 Å². The zero-order chi connectivity index (χ0) is 16.2. The Morgan fingerprint density at radius 3 is 2.96 bits per heavy atom. The maximum absolute atomic E-state index is 12.8. The minimum absolute atomic E-state index is 0.152. The molecule has 1 saturated carbocycles. The second-order valence-corrected chi connectivity index (χ2v) is 6.95. The third-order valence-corrected chi connectivity index (χ3v) is 5.13. The summed E-state index contributed by atoms with van der Waals surface area (Å²) in [5, 5.41) is 0.754. The quantitative estimate of drug-likeness (QED) is 0.828. The largest absolute Gasteiger partial charge is 0.383 e. The van der Waals surface area contributed by atoms with Gasteiger partial charge in [0.2, 0.25) is 5.91 Å². The van der Waals surface area contributed by atoms with E-state index in [2.05, 4.69) is 15.9 Å². The van der Waals surface area contributed by atoms with Crippen LogP contribution in [0.3, 0.4) is 0 Å². The molecule has 0 aromatic heterocycles. The van der Waals surface area contributed by atoms with Gasteiger partial charge in [0.15, 0.2) is 0 Å². The Kier molecular flexibility index (Phi) is 5.57. The van der Waals surface area contributed by atoms with Crippen molar-refractivity contribution in [1.82, 2.24) is 9.80 Å². The molecule has 0 spiro atoms. The van der Waals surface area contributed by atoms with Gasteiger partial charge in [-0.25, -0.2) is 0 Å². The van der Waals surface area contributed by atoms with Crippen LogP contribution < -0.4 is 0 Å². The Hall–Kier alpha value is -1.10. The summed E-state index contributed by atoms with van der Waals surface area (Å²) < 4.78 is 5.15. The highest BCUT2D eigenvalue weighted by Crippen LogP contribution is 2.48. The molecule has 23 heavy (non-hydrogen) atoms. The van der Waals surface area contributed by atoms with Gasteiger partial charge >= 0.3 is 0 Å². The van der Waals surface area contributed by atoms with E-state index < -0.39 is 0 Å². The maximum Gasteiger partial charge on any atom is 0.226 e. The first-order valence-electron chi connectivity index (χ1n) is 8.44. The van der Waals surface area contributed by atoms with Crippen molar-refractivity contribution < 1.29 is 9.53 Å². The van der Waals surface area contributed by atoms with Gasteiger partial charge in [0.25, 0.3) is 0 Å². The van der Waals surface area contributed by atoms with E-state index in [9.17, 15) is 4.79 Å². The normalized spacial score (nSPS) is 25.2. The number of hydrogen-bond acceptors (Lipinski definition) is 3. The summed E-state index contributed by atoms with van der Waals surface area (Å²) in [5.74, 6) is 0.830. The number of methoxy groups -OCH3 is 1. The topological polar surface area (TPSA) is 32.8 Å². The molecule has 5 heteroatoms. The Morgan fingerprint density at radius 2 is 2.17 bits per heavy atom. The molecule has 0 N–H and O–H groups in total. The van der Waals surface area contributed by atoms with E-state index in [0.717, 1.165) is 57.2 Å². The van der Waals surface area contributed by atoms with Gasteiger partial charge in [-0.05, 0) is 43.0 Å². The lowest BCUT2D eigenvalue weighted by atomic mass is 10.1. The summed E-state index contributed by atoms with van der Waals surface area (Å²) in [6.07, 6.45) is 2.01. The third-order valence-electron chi connectivity index (χ3n) is 4.90. The van der Waals surface area contributed by atoms with Gasteiger partial charge in [-0.15, -0.1) is 0 Å². The van der Waals surface area contributed by atoms with Gasteiger partial charge < -0.3 is 9.64 Å². The van der Waals surface area contributed by atoms with Crippen LogP contribution in [0.25, 0.3) is 0 Å². The highest BCUT2D eigenvalue weighted by atomic mass is 35.5. The highest BCUT2D eigenvalue weighted by molar-refractivity contribution is 6.30. The number of ether oxygens (including phenoxy) is 1. The molecule has 1 aromatic carbocycles. The molecule has 0 unspecified atom stereocenters. The number of rotatable bonds is 5. The zero-order valence-electron chi connectivity index (χ0n) is 13.7. The van der Waals surface area contributed by atoms with Gasteiger partial charge in [-0.1, -0.05) is 23.7 Å². The molecule has 1 aromatic rings. The molecule has 1 heterocycles. The van der Waals surface area contributed by atoms with Gasteiger partial charge in [0, 0.05) is 44.2 Å². The Morgan fingerprint density at radius 1 is 1.30 bits per heavy atom. The van der Waals surface area contributed by atoms with E-state index in [0.29, 0.717) is 11.8 Å². The van der Waals surface area contributed by atoms with Crippen molar-refractivity contribution >= 4 is 17.5 Å². The van der Waals surface area contributed by atoms with Crippen LogP contribution in [0, 0.1) is 5.92 Å². The molecule has 1 aliphatic heterocycles. The van der Waals surface area contributed by atoms with Crippen LogP contribution >= 0.6 is 11.6 Å². The molecule has 4 nitrogen and oxygen atoms in total. The molecule has 2 fully saturated rings. The fourth-order valence-electron chi connectivity index (χ4n) is 3.44. The molecule has 3 rings (SSSR count). The minimum atomic E-state index is 0.152. The lowest BCUT2D eigenvalue weighted by Crippen LogP contribution is -2.37. The predicted molar refractivity (Wildman–Crippen MR) is 91.8 cm³/mol. The van der Waals surface area contributed by atoms with E-state index in [-0.39, 0.29) is 5.92 Å². The van der Waals surface area contributed by atoms with E-state index >= 15 is 0 Å². The summed E-state index contributed by atoms with van der Waals surface area (Å²) in [7, 11) is 1.73. The zero-order valence-corrected chi connectivity index (χ0v) is 14.5. The molecule has 1 amide bonds. The van der Waals surface area contributed by atoms with Gasteiger partial charge in [0.1, 0.15) is 0 Å². The van der Waals surface area contributed by atoms with E-state index in [1.807, 2.05) is 18.2 Å². The van der Waals surface area contributed by atoms with Crippen molar-refractivity contribution in [3.8, 4) is 0 Å². The third kappa shape index (κ3) is 4.25. The fourth-order valence-corrected chi connectivity index (χ4v) is 3.64. The Bertz CT molecular complexity index is 552. The van der Waals surface area contributed by atoms with Crippen molar-refractivity contribution in [2.45, 2.75) is 18.8 Å². The molecule has 0 bridgehead atoms. The molecule has 2 aliphatic rings. The van der Waals surface area contributed by atoms with Gasteiger partial charge in [-0.2, -0.15) is 0 Å². The molecule has 126 valence electrons. The van der Waals surface area contributed by atoms with Gasteiger partial charge in [-0.3, -0.25) is 9.69 Å². The van der Waals surface area contributed by atoms with E-state index in [4.69, 9.17) is 16.3 Å². The van der Waals surface area contributed by atoms with Crippen LogP contribution in [0.5, 0.6) is 0 Å². The standard InChI is InChI=1S/C18H25ClN2O2/c1-23-11-10-20-6-3-7-21(9-8-20)18(22)17-13-16(17)14-4-2-5-15(19)12-14/h2,4-5,12,16-17H,3,6-11,13H2,1H3/t16-,17+/m1/s1. The number of hydrogen-bond donors (Lipinski definition) is 0. The second kappa shape index (κ2) is 7.65. The predicted octanol–water partition coefficient (Wildman–Crippen LogP) is 2.62. The summed E-state index contributed by atoms with van der Waals surface area (Å²) in [4.78, 5) is 17.2. The van der Waals surface area contributed by atoms with Crippen LogP contribution in [0.4, 0.5) is 0 Å². The lowest BCUT2D eigenvalue weighted by Gasteiger charge is -2.22. The molecular formula is C18H25ClN2O2. The number of halogens is 1. The molecule has 1 saturated heterocycles. The Balaban J connectivity index is 1.53. The smallest absolute Gasteiger partial charge is 0.226 e. The lowest BCUT2D eigenvalue weighted by molar-refractivity contribution is -0.132. The number of nitrogens with zero attached hydrogens (tertiary/aromatic N) is 2. The van der Waals surface area contributed by atoms with Crippen molar-refractivity contribution in [2.24, 2.45) is 5.92 Å². The summed E-state index contributed by atoms with van der Waals surface area (Å²) in [5.41, 5.74) is 1.20. The maximum atomic E-state index is 12.8. The molecular weight excluding hydrogens is 312 g/mol. The van der Waals surface area contributed by atoms with Crippen LogP contribution in [-0.4, -0.2) is 62.1 Å². The monoisotopic (exact) mass is 336 g/mol. The van der Waals surface area contributed by atoms with Crippen molar-refractivity contribution in [3.05, 3.63) is 34.9 Å². The van der Waals surface area contributed by atoms with Gasteiger partial charge in [0.05, 0.1) is 6.61 Å². The fraction of sp³-hybridized carbons (Fsp3) is 0.611. The Labute approximate surface area is 143 Å². The summed E-state index contributed by atoms with van der Waals surface area (Å²) in [6, 6.07) is 7.93. The first-order valence-corrected chi connectivity index (χ1v) is 8.82. The number of carbonyl (C=O) groups excluding carboxylic acids is 1. The second-order valence-electron chi connectivity index (χ2n) is 6.52. The average molecular weight is 337 g/mol. The van der Waals surface area contributed by atoms with Crippen LogP contribution in [0.2, 0.25) is 5.02 Å². The molecule has 1 aliphatic carbocycles. The number of carbonyl (C=O) groups is 1. The average Bonchev–Trinajstić information content (AvgIpc) is 3.36. The van der Waals surface area contributed by atoms with Crippen molar-refractivity contribution in [2.75, 3.05) is 46.4 Å². The van der Waals surface area contributed by atoms with E-state index in [1.54, 1.807) is 7.11 Å². The molecule has 0 radical (unpaired) electrons. The van der Waals surface area contributed by atoms with Crippen LogP contribution in [-0.2, 0) is 9.53 Å².